The van der Waals surface area contributed by atoms with E-state index in [1.54, 1.807) is 0 Å². The second-order valence-electron chi connectivity index (χ2n) is 6.44. The van der Waals surface area contributed by atoms with Crippen molar-refractivity contribution in [2.24, 2.45) is 0 Å². The molecule has 1 aliphatic heterocycles. The van der Waals surface area contributed by atoms with E-state index in [0.717, 1.165) is 17.3 Å². The number of hydrogen-bond donors (Lipinski definition) is 1. The third-order valence-corrected chi connectivity index (χ3v) is 4.41. The van der Waals surface area contributed by atoms with E-state index in [0.29, 0.717) is 18.8 Å². The number of ether oxygens (including phenoxy) is 1. The highest BCUT2D eigenvalue weighted by molar-refractivity contribution is 5.79. The molecule has 132 valence electrons. The van der Waals surface area contributed by atoms with Gasteiger partial charge in [0.2, 0.25) is 5.91 Å². The van der Waals surface area contributed by atoms with E-state index in [1.807, 2.05) is 66.2 Å². The number of aromatic nitrogens is 3. The molecule has 1 fully saturated rings. The lowest BCUT2D eigenvalue weighted by Gasteiger charge is -2.09. The van der Waals surface area contributed by atoms with Gasteiger partial charge in [0.25, 0.3) is 0 Å². The van der Waals surface area contributed by atoms with Gasteiger partial charge in [-0.25, -0.2) is 9.67 Å². The van der Waals surface area contributed by atoms with Crippen molar-refractivity contribution in [1.29, 1.82) is 0 Å². The summed E-state index contributed by atoms with van der Waals surface area (Å²) in [5.41, 5.74) is 2.11. The SMILES string of the molecule is Cc1ccc(-n2nc(COc3ccccc3)nc2[C@@H]2CNC(=O)C2)cc1. The number of aryl methyl sites for hydroxylation is 1. The normalized spacial score (nSPS) is 16.5. The molecule has 1 N–H and O–H groups in total. The second kappa shape index (κ2) is 7.00. The van der Waals surface area contributed by atoms with Gasteiger partial charge in [0.15, 0.2) is 5.82 Å². The molecule has 0 unspecified atom stereocenters. The summed E-state index contributed by atoms with van der Waals surface area (Å²) >= 11 is 0. The third-order valence-electron chi connectivity index (χ3n) is 4.41. The molecule has 1 amide bonds. The van der Waals surface area contributed by atoms with Crippen LogP contribution in [0.1, 0.15) is 29.6 Å². The molecule has 0 spiro atoms. The van der Waals surface area contributed by atoms with Crippen molar-refractivity contribution >= 4 is 5.91 Å². The van der Waals surface area contributed by atoms with Crippen LogP contribution in [0.25, 0.3) is 5.69 Å². The topological polar surface area (TPSA) is 69.0 Å². The van der Waals surface area contributed by atoms with Crippen LogP contribution >= 0.6 is 0 Å². The predicted octanol–water partition coefficient (Wildman–Crippen LogP) is 2.76. The first-order valence-corrected chi connectivity index (χ1v) is 8.66. The van der Waals surface area contributed by atoms with Gasteiger partial charge >= 0.3 is 0 Å². The highest BCUT2D eigenvalue weighted by atomic mass is 16.5. The number of hydrogen-bond acceptors (Lipinski definition) is 4. The van der Waals surface area contributed by atoms with E-state index in [-0.39, 0.29) is 18.4 Å². The standard InChI is InChI=1S/C20H20N4O2/c1-14-7-9-16(10-8-14)24-20(15-11-19(25)21-12-15)22-18(23-24)13-26-17-5-3-2-4-6-17/h2-10,15H,11-13H2,1H3,(H,21,25)/t15-/m0/s1. The molecule has 2 heterocycles. The Hall–Kier alpha value is -3.15. The number of amides is 1. The molecule has 2 aromatic carbocycles. The first kappa shape index (κ1) is 16.3. The number of benzene rings is 2. The van der Waals surface area contributed by atoms with Crippen LogP contribution in [-0.2, 0) is 11.4 Å². The van der Waals surface area contributed by atoms with Crippen molar-refractivity contribution in [3.05, 3.63) is 71.8 Å². The number of para-hydroxylation sites is 1. The minimum Gasteiger partial charge on any atom is -0.486 e. The van der Waals surface area contributed by atoms with E-state index in [4.69, 9.17) is 4.74 Å². The fraction of sp³-hybridized carbons (Fsp3) is 0.250. The number of carbonyl (C=O) groups is 1. The molecule has 4 rings (SSSR count). The number of rotatable bonds is 5. The zero-order chi connectivity index (χ0) is 17.9. The van der Waals surface area contributed by atoms with Gasteiger partial charge in [-0.1, -0.05) is 35.9 Å². The number of carbonyl (C=O) groups excluding carboxylic acids is 1. The Bertz CT molecular complexity index is 903. The van der Waals surface area contributed by atoms with Gasteiger partial charge in [-0.2, -0.15) is 0 Å². The summed E-state index contributed by atoms with van der Waals surface area (Å²) in [7, 11) is 0. The first-order chi connectivity index (χ1) is 12.7. The van der Waals surface area contributed by atoms with Crippen LogP contribution < -0.4 is 10.1 Å². The maximum absolute atomic E-state index is 11.6. The zero-order valence-corrected chi connectivity index (χ0v) is 14.6. The Morgan fingerprint density at radius 1 is 1.15 bits per heavy atom. The van der Waals surface area contributed by atoms with Crippen LogP contribution in [0.2, 0.25) is 0 Å². The first-order valence-electron chi connectivity index (χ1n) is 8.66. The molecule has 6 nitrogen and oxygen atoms in total. The number of nitrogens with one attached hydrogen (secondary N) is 1. The van der Waals surface area contributed by atoms with Crippen molar-refractivity contribution in [3.63, 3.8) is 0 Å². The lowest BCUT2D eigenvalue weighted by Crippen LogP contribution is -2.15. The minimum atomic E-state index is 0.0155. The van der Waals surface area contributed by atoms with E-state index < -0.39 is 0 Å². The summed E-state index contributed by atoms with van der Waals surface area (Å²) in [5.74, 6) is 2.23. The maximum atomic E-state index is 11.6. The Morgan fingerprint density at radius 3 is 2.62 bits per heavy atom. The van der Waals surface area contributed by atoms with E-state index >= 15 is 0 Å². The van der Waals surface area contributed by atoms with Crippen molar-refractivity contribution < 1.29 is 9.53 Å². The second-order valence-corrected chi connectivity index (χ2v) is 6.44. The molecule has 0 radical (unpaired) electrons. The largest absolute Gasteiger partial charge is 0.486 e. The summed E-state index contributed by atoms with van der Waals surface area (Å²) in [6, 6.07) is 17.7. The van der Waals surface area contributed by atoms with Crippen molar-refractivity contribution in [2.45, 2.75) is 25.9 Å². The average Bonchev–Trinajstić information content (AvgIpc) is 3.28. The summed E-state index contributed by atoms with van der Waals surface area (Å²) in [6.07, 6.45) is 0.434. The van der Waals surface area contributed by atoms with Gasteiger partial charge < -0.3 is 10.1 Å². The smallest absolute Gasteiger partial charge is 0.220 e. The summed E-state index contributed by atoms with van der Waals surface area (Å²) in [4.78, 5) is 16.3. The minimum absolute atomic E-state index is 0.0155. The molecular formula is C20H20N4O2. The van der Waals surface area contributed by atoms with Gasteiger partial charge in [0, 0.05) is 18.9 Å². The summed E-state index contributed by atoms with van der Waals surface area (Å²) < 4.78 is 7.61. The quantitative estimate of drug-likeness (QED) is 0.770. The van der Waals surface area contributed by atoms with Gasteiger partial charge in [-0.15, -0.1) is 5.10 Å². The van der Waals surface area contributed by atoms with Crippen molar-refractivity contribution in [2.75, 3.05) is 6.54 Å². The molecule has 3 aromatic rings. The van der Waals surface area contributed by atoms with Crippen LogP contribution in [0.15, 0.2) is 54.6 Å². The molecule has 0 aliphatic carbocycles. The molecule has 0 bridgehead atoms. The highest BCUT2D eigenvalue weighted by Gasteiger charge is 2.28. The van der Waals surface area contributed by atoms with Crippen molar-refractivity contribution in [1.82, 2.24) is 20.1 Å². The van der Waals surface area contributed by atoms with Gasteiger partial charge in [-0.3, -0.25) is 4.79 Å². The molecule has 6 heteroatoms. The van der Waals surface area contributed by atoms with E-state index in [9.17, 15) is 4.79 Å². The lowest BCUT2D eigenvalue weighted by atomic mass is 10.1. The van der Waals surface area contributed by atoms with Crippen LogP contribution in [0.4, 0.5) is 0 Å². The van der Waals surface area contributed by atoms with Gasteiger partial charge in [0.05, 0.1) is 5.69 Å². The van der Waals surface area contributed by atoms with E-state index in [2.05, 4.69) is 15.4 Å². The molecular weight excluding hydrogens is 328 g/mol. The maximum Gasteiger partial charge on any atom is 0.220 e. The Kier molecular flexibility index (Phi) is 4.39. The number of nitrogens with zero attached hydrogens (tertiary/aromatic N) is 3. The molecule has 1 aromatic heterocycles. The fourth-order valence-corrected chi connectivity index (χ4v) is 3.02. The van der Waals surface area contributed by atoms with E-state index in [1.165, 1.54) is 5.56 Å². The molecule has 0 saturated carbocycles. The van der Waals surface area contributed by atoms with Gasteiger partial charge in [0.1, 0.15) is 18.2 Å². The Labute approximate surface area is 151 Å². The zero-order valence-electron chi connectivity index (χ0n) is 14.6. The lowest BCUT2D eigenvalue weighted by molar-refractivity contribution is -0.119. The van der Waals surface area contributed by atoms with Crippen molar-refractivity contribution in [3.8, 4) is 11.4 Å². The summed E-state index contributed by atoms with van der Waals surface area (Å²) in [5, 5.41) is 7.51. The summed E-state index contributed by atoms with van der Waals surface area (Å²) in [6.45, 7) is 2.91. The Morgan fingerprint density at radius 2 is 1.92 bits per heavy atom. The average molecular weight is 348 g/mol. The van der Waals surface area contributed by atoms with Crippen LogP contribution in [-0.4, -0.2) is 27.2 Å². The fourth-order valence-electron chi connectivity index (χ4n) is 3.02. The molecule has 26 heavy (non-hydrogen) atoms. The van der Waals surface area contributed by atoms with Gasteiger partial charge in [-0.05, 0) is 31.2 Å². The van der Waals surface area contributed by atoms with Crippen LogP contribution in [0.5, 0.6) is 5.75 Å². The Balaban J connectivity index is 1.63. The third kappa shape index (κ3) is 3.44. The monoisotopic (exact) mass is 348 g/mol. The van der Waals surface area contributed by atoms with Crippen LogP contribution in [0, 0.1) is 6.92 Å². The molecule has 1 aliphatic rings. The molecule has 1 saturated heterocycles. The highest BCUT2D eigenvalue weighted by Crippen LogP contribution is 2.24. The predicted molar refractivity (Wildman–Crippen MR) is 97.2 cm³/mol. The van der Waals surface area contributed by atoms with Crippen LogP contribution in [0.3, 0.4) is 0 Å². The molecule has 1 atom stereocenters.